The Bertz CT molecular complexity index is 880. The van der Waals surface area contributed by atoms with Crippen molar-refractivity contribution < 1.29 is 0 Å². The summed E-state index contributed by atoms with van der Waals surface area (Å²) in [5, 5.41) is 5.49. The van der Waals surface area contributed by atoms with E-state index in [0.717, 1.165) is 61.4 Å². The van der Waals surface area contributed by atoms with E-state index in [0.29, 0.717) is 11.8 Å². The molecule has 2 fully saturated rings. The number of hydrogen-bond donors (Lipinski definition) is 1. The zero-order chi connectivity index (χ0) is 20.5. The molecule has 5 nitrogen and oxygen atoms in total. The number of hydrogen-bond acceptors (Lipinski definition) is 4. The summed E-state index contributed by atoms with van der Waals surface area (Å²) in [5.41, 5.74) is 3.36. The Kier molecular flexibility index (Phi) is 5.93. The third-order valence-corrected chi connectivity index (χ3v) is 6.60. The molecule has 29 heavy (non-hydrogen) atoms. The van der Waals surface area contributed by atoms with Gasteiger partial charge in [-0.15, -0.1) is 0 Å². The zero-order valence-corrected chi connectivity index (χ0v) is 18.9. The minimum atomic E-state index is 0.689. The molecule has 2 saturated heterocycles. The topological polar surface area (TPSA) is 34.6 Å². The van der Waals surface area contributed by atoms with Crippen LogP contribution < -0.4 is 10.2 Å². The third kappa shape index (κ3) is 4.64. The van der Waals surface area contributed by atoms with Gasteiger partial charge >= 0.3 is 0 Å². The van der Waals surface area contributed by atoms with E-state index in [1.807, 2.05) is 0 Å². The van der Waals surface area contributed by atoms with Gasteiger partial charge in [0.1, 0.15) is 5.82 Å². The zero-order valence-electron chi connectivity index (χ0n) is 18.1. The highest BCUT2D eigenvalue weighted by molar-refractivity contribution is 7.80. The lowest BCUT2D eigenvalue weighted by atomic mass is 9.92. The molecule has 3 heterocycles. The fourth-order valence-electron chi connectivity index (χ4n) is 4.68. The van der Waals surface area contributed by atoms with Crippen LogP contribution in [-0.4, -0.2) is 66.2 Å². The summed E-state index contributed by atoms with van der Waals surface area (Å²) in [6.45, 7) is 13.1. The Morgan fingerprint density at radius 2 is 1.76 bits per heavy atom. The van der Waals surface area contributed by atoms with E-state index in [1.54, 1.807) is 0 Å². The highest BCUT2D eigenvalue weighted by atomic mass is 32.1. The summed E-state index contributed by atoms with van der Waals surface area (Å²) in [7, 11) is 2.18. The molecule has 1 N–H and O–H groups in total. The van der Waals surface area contributed by atoms with Crippen LogP contribution >= 0.6 is 12.2 Å². The monoisotopic (exact) mass is 411 g/mol. The number of aryl methyl sites for hydroxylation is 1. The fourth-order valence-corrected chi connectivity index (χ4v) is 4.95. The summed E-state index contributed by atoms with van der Waals surface area (Å²) in [4.78, 5) is 12.0. The van der Waals surface area contributed by atoms with Crippen LogP contribution in [0.1, 0.15) is 25.8 Å². The maximum absolute atomic E-state index is 5.72. The molecular formula is C23H33N5S. The van der Waals surface area contributed by atoms with Crippen molar-refractivity contribution in [2.45, 2.75) is 27.2 Å². The van der Waals surface area contributed by atoms with Crippen molar-refractivity contribution in [1.82, 2.24) is 14.8 Å². The third-order valence-electron chi connectivity index (χ3n) is 6.24. The van der Waals surface area contributed by atoms with Crippen LogP contribution in [0.15, 0.2) is 24.3 Å². The first kappa shape index (κ1) is 20.4. The summed E-state index contributed by atoms with van der Waals surface area (Å²) in [5.74, 6) is 2.47. The molecule has 6 heteroatoms. The molecule has 0 amide bonds. The van der Waals surface area contributed by atoms with E-state index in [2.05, 4.69) is 72.1 Å². The van der Waals surface area contributed by atoms with Gasteiger partial charge < -0.3 is 20.0 Å². The molecule has 2 atom stereocenters. The molecule has 1 aromatic carbocycles. The summed E-state index contributed by atoms with van der Waals surface area (Å²) in [6.07, 6.45) is 1.29. The van der Waals surface area contributed by atoms with Gasteiger partial charge in [-0.1, -0.05) is 13.8 Å². The first-order valence-electron chi connectivity index (χ1n) is 10.8. The standard InChI is InChI=1S/C23H33N5S/c1-16-11-17(2)15-28(14-16)23(29)24-19-5-6-21-20(13-19)18(3)12-22(25-21)27-9-7-26(4)8-10-27/h5-6,12-13,16-17H,7-11,14-15H2,1-4H3,(H,24,29)/t16-,17-/m1/s1. The van der Waals surface area contributed by atoms with E-state index in [1.165, 1.54) is 17.4 Å². The second-order valence-electron chi connectivity index (χ2n) is 9.10. The Hall–Kier alpha value is -1.92. The van der Waals surface area contributed by atoms with Crippen molar-refractivity contribution in [2.75, 3.05) is 56.5 Å². The van der Waals surface area contributed by atoms with Crippen molar-refractivity contribution in [3.63, 3.8) is 0 Å². The van der Waals surface area contributed by atoms with Gasteiger partial charge in [0.15, 0.2) is 5.11 Å². The van der Waals surface area contributed by atoms with Gasteiger partial charge in [0, 0.05) is 50.3 Å². The van der Waals surface area contributed by atoms with Gasteiger partial charge in [-0.3, -0.25) is 0 Å². The van der Waals surface area contributed by atoms with Crippen LogP contribution in [0, 0.1) is 18.8 Å². The average molecular weight is 412 g/mol. The van der Waals surface area contributed by atoms with Gasteiger partial charge in [-0.25, -0.2) is 4.98 Å². The number of likely N-dealkylation sites (tertiary alicyclic amines) is 1. The first-order valence-corrected chi connectivity index (χ1v) is 11.2. The number of anilines is 2. The molecule has 2 aromatic rings. The number of rotatable bonds is 2. The predicted molar refractivity (Wildman–Crippen MR) is 127 cm³/mol. The molecule has 156 valence electrons. The number of benzene rings is 1. The normalized spacial score (nSPS) is 23.4. The summed E-state index contributed by atoms with van der Waals surface area (Å²) >= 11 is 5.72. The second kappa shape index (κ2) is 8.44. The highest BCUT2D eigenvalue weighted by Crippen LogP contribution is 2.27. The number of aromatic nitrogens is 1. The van der Waals surface area contributed by atoms with Crippen molar-refractivity contribution in [3.8, 4) is 0 Å². The minimum absolute atomic E-state index is 0.689. The number of nitrogens with zero attached hydrogens (tertiary/aromatic N) is 4. The summed E-state index contributed by atoms with van der Waals surface area (Å²) < 4.78 is 0. The number of fused-ring (bicyclic) bond motifs is 1. The number of likely N-dealkylation sites (N-methyl/N-ethyl adjacent to an activating group) is 1. The van der Waals surface area contributed by atoms with E-state index >= 15 is 0 Å². The number of piperidine rings is 1. The lowest BCUT2D eigenvalue weighted by Crippen LogP contribution is -2.44. The molecule has 4 rings (SSSR count). The molecule has 0 radical (unpaired) electrons. The van der Waals surface area contributed by atoms with Crippen LogP contribution in [0.4, 0.5) is 11.5 Å². The van der Waals surface area contributed by atoms with Crippen molar-refractivity contribution in [1.29, 1.82) is 0 Å². The molecule has 2 aliphatic heterocycles. The molecule has 2 aliphatic rings. The largest absolute Gasteiger partial charge is 0.354 e. The minimum Gasteiger partial charge on any atom is -0.354 e. The number of piperazine rings is 1. The Morgan fingerprint density at radius 3 is 2.45 bits per heavy atom. The Balaban J connectivity index is 1.51. The van der Waals surface area contributed by atoms with Crippen molar-refractivity contribution in [3.05, 3.63) is 29.8 Å². The molecule has 0 spiro atoms. The Labute approximate surface area is 180 Å². The second-order valence-corrected chi connectivity index (χ2v) is 9.49. The predicted octanol–water partition coefficient (Wildman–Crippen LogP) is 3.97. The van der Waals surface area contributed by atoms with E-state index < -0.39 is 0 Å². The van der Waals surface area contributed by atoms with Crippen molar-refractivity contribution in [2.24, 2.45) is 11.8 Å². The number of thiocarbonyl (C=S) groups is 1. The first-order chi connectivity index (χ1) is 13.9. The van der Waals surface area contributed by atoms with Crippen LogP contribution in [0.3, 0.4) is 0 Å². The van der Waals surface area contributed by atoms with Gasteiger partial charge in [0.2, 0.25) is 0 Å². The summed E-state index contributed by atoms with van der Waals surface area (Å²) in [6, 6.07) is 8.64. The number of pyridine rings is 1. The van der Waals surface area contributed by atoms with Gasteiger partial charge in [0.25, 0.3) is 0 Å². The SMILES string of the molecule is Cc1cc(N2CCN(C)CC2)nc2ccc(NC(=S)N3C[C@H](C)C[C@@H](C)C3)cc12. The van der Waals surface area contributed by atoms with E-state index in [9.17, 15) is 0 Å². The fraction of sp³-hybridized carbons (Fsp3) is 0.565. The maximum atomic E-state index is 5.72. The molecule has 1 aromatic heterocycles. The average Bonchev–Trinajstić information content (AvgIpc) is 2.68. The van der Waals surface area contributed by atoms with E-state index in [-0.39, 0.29) is 0 Å². The molecular weight excluding hydrogens is 378 g/mol. The number of nitrogens with one attached hydrogen (secondary N) is 1. The van der Waals surface area contributed by atoms with Gasteiger partial charge in [0.05, 0.1) is 5.52 Å². The smallest absolute Gasteiger partial charge is 0.173 e. The molecule has 0 aliphatic carbocycles. The van der Waals surface area contributed by atoms with E-state index in [4.69, 9.17) is 17.2 Å². The maximum Gasteiger partial charge on any atom is 0.173 e. The highest BCUT2D eigenvalue weighted by Gasteiger charge is 2.23. The van der Waals surface area contributed by atoms with Crippen LogP contribution in [0.25, 0.3) is 10.9 Å². The quantitative estimate of drug-likeness (QED) is 0.754. The molecule has 0 unspecified atom stereocenters. The lowest BCUT2D eigenvalue weighted by Gasteiger charge is -2.36. The molecule has 0 bridgehead atoms. The van der Waals surface area contributed by atoms with Crippen LogP contribution in [0.5, 0.6) is 0 Å². The van der Waals surface area contributed by atoms with Crippen LogP contribution in [-0.2, 0) is 0 Å². The van der Waals surface area contributed by atoms with Crippen molar-refractivity contribution >= 4 is 39.7 Å². The van der Waals surface area contributed by atoms with Crippen LogP contribution in [0.2, 0.25) is 0 Å². The molecule has 0 saturated carbocycles. The van der Waals surface area contributed by atoms with Gasteiger partial charge in [-0.2, -0.15) is 0 Å². The van der Waals surface area contributed by atoms with Gasteiger partial charge in [-0.05, 0) is 74.3 Å². The Morgan fingerprint density at radius 1 is 1.07 bits per heavy atom. The lowest BCUT2D eigenvalue weighted by molar-refractivity contribution is 0.216.